The first-order chi connectivity index (χ1) is 7.97. The second-order valence-corrected chi connectivity index (χ2v) is 7.73. The van der Waals surface area contributed by atoms with E-state index in [1.54, 1.807) is 0 Å². The Morgan fingerprint density at radius 1 is 1.24 bits per heavy atom. The van der Waals surface area contributed by atoms with Gasteiger partial charge in [-0.3, -0.25) is 0 Å². The maximum atomic E-state index is 11.6. The maximum Gasteiger partial charge on any atom is 0.150 e. The standard InChI is InChI=1S/C13H27NO2S/c1-4-11(5-2)10-14-12-7-6-8-13(9-12)17(3,15)16/h11-14H,4-10H2,1-3H3. The van der Waals surface area contributed by atoms with E-state index in [1.165, 1.54) is 19.1 Å². The summed E-state index contributed by atoms with van der Waals surface area (Å²) in [6, 6.07) is 0.407. The Bertz CT molecular complexity index is 309. The predicted molar refractivity (Wildman–Crippen MR) is 73.0 cm³/mol. The van der Waals surface area contributed by atoms with Crippen molar-refractivity contribution >= 4 is 9.84 Å². The van der Waals surface area contributed by atoms with E-state index in [2.05, 4.69) is 19.2 Å². The lowest BCUT2D eigenvalue weighted by Crippen LogP contribution is -2.40. The average molecular weight is 261 g/mol. The lowest BCUT2D eigenvalue weighted by Gasteiger charge is -2.30. The van der Waals surface area contributed by atoms with E-state index in [-0.39, 0.29) is 5.25 Å². The fourth-order valence-electron chi connectivity index (χ4n) is 2.63. The van der Waals surface area contributed by atoms with Gasteiger partial charge in [0.2, 0.25) is 0 Å². The molecule has 2 atom stereocenters. The lowest BCUT2D eigenvalue weighted by atomic mass is 9.94. The Morgan fingerprint density at radius 3 is 2.41 bits per heavy atom. The zero-order chi connectivity index (χ0) is 12.9. The first kappa shape index (κ1) is 15.0. The molecular formula is C13H27NO2S. The highest BCUT2D eigenvalue weighted by atomic mass is 32.2. The molecule has 0 bridgehead atoms. The molecule has 0 amide bonds. The molecular weight excluding hydrogens is 234 g/mol. The van der Waals surface area contributed by atoms with E-state index in [9.17, 15) is 8.42 Å². The third-order valence-corrected chi connectivity index (χ3v) is 5.72. The number of sulfone groups is 1. The van der Waals surface area contributed by atoms with Crippen LogP contribution in [0, 0.1) is 5.92 Å². The van der Waals surface area contributed by atoms with Gasteiger partial charge in [0, 0.05) is 12.3 Å². The molecule has 1 fully saturated rings. The molecule has 0 saturated heterocycles. The van der Waals surface area contributed by atoms with Gasteiger partial charge < -0.3 is 5.32 Å². The van der Waals surface area contributed by atoms with Gasteiger partial charge in [-0.2, -0.15) is 0 Å². The van der Waals surface area contributed by atoms with Gasteiger partial charge in [0.15, 0.2) is 0 Å². The number of hydrogen-bond donors (Lipinski definition) is 1. The normalized spacial score (nSPS) is 26.4. The quantitative estimate of drug-likeness (QED) is 0.798. The summed E-state index contributed by atoms with van der Waals surface area (Å²) in [4.78, 5) is 0. The van der Waals surface area contributed by atoms with Gasteiger partial charge in [0.1, 0.15) is 9.84 Å². The summed E-state index contributed by atoms with van der Waals surface area (Å²) in [7, 11) is -2.85. The maximum absolute atomic E-state index is 11.6. The molecule has 3 nitrogen and oxygen atoms in total. The molecule has 1 aliphatic carbocycles. The van der Waals surface area contributed by atoms with Gasteiger partial charge in [-0.05, 0) is 31.7 Å². The Hall–Kier alpha value is -0.0900. The topological polar surface area (TPSA) is 46.2 Å². The summed E-state index contributed by atoms with van der Waals surface area (Å²) in [6.07, 6.45) is 7.60. The van der Waals surface area contributed by atoms with Crippen molar-refractivity contribution in [3.8, 4) is 0 Å². The van der Waals surface area contributed by atoms with Crippen LogP contribution in [0.3, 0.4) is 0 Å². The highest BCUT2D eigenvalue weighted by Gasteiger charge is 2.28. The predicted octanol–water partition coefficient (Wildman–Crippen LogP) is 2.37. The number of hydrogen-bond acceptors (Lipinski definition) is 3. The molecule has 1 saturated carbocycles. The third-order valence-electron chi connectivity index (χ3n) is 4.08. The van der Waals surface area contributed by atoms with Crippen LogP contribution in [0.2, 0.25) is 0 Å². The van der Waals surface area contributed by atoms with E-state index >= 15 is 0 Å². The number of rotatable bonds is 6. The Balaban J connectivity index is 2.40. The molecule has 0 aromatic heterocycles. The highest BCUT2D eigenvalue weighted by molar-refractivity contribution is 7.91. The molecule has 0 aromatic rings. The molecule has 1 rings (SSSR count). The minimum absolute atomic E-state index is 0.115. The summed E-state index contributed by atoms with van der Waals surface area (Å²) >= 11 is 0. The van der Waals surface area contributed by atoms with Gasteiger partial charge in [0.05, 0.1) is 5.25 Å². The SMILES string of the molecule is CCC(CC)CNC1CCCC(S(C)(=O)=O)C1. The number of nitrogens with one attached hydrogen (secondary N) is 1. The smallest absolute Gasteiger partial charge is 0.150 e. The van der Waals surface area contributed by atoms with Gasteiger partial charge in [0.25, 0.3) is 0 Å². The van der Waals surface area contributed by atoms with Crippen LogP contribution in [0.15, 0.2) is 0 Å². The van der Waals surface area contributed by atoms with E-state index < -0.39 is 9.84 Å². The molecule has 2 unspecified atom stereocenters. The van der Waals surface area contributed by atoms with Crippen LogP contribution in [0.4, 0.5) is 0 Å². The fourth-order valence-corrected chi connectivity index (χ4v) is 3.81. The molecule has 0 aliphatic heterocycles. The zero-order valence-electron chi connectivity index (χ0n) is 11.4. The van der Waals surface area contributed by atoms with Crippen LogP contribution >= 0.6 is 0 Å². The minimum atomic E-state index is -2.85. The van der Waals surface area contributed by atoms with Gasteiger partial charge >= 0.3 is 0 Å². The van der Waals surface area contributed by atoms with Crippen LogP contribution in [-0.2, 0) is 9.84 Å². The third kappa shape index (κ3) is 4.96. The summed E-state index contributed by atoms with van der Waals surface area (Å²) < 4.78 is 23.1. The summed E-state index contributed by atoms with van der Waals surface area (Å²) in [5, 5.41) is 3.45. The Kier molecular flexibility index (Phi) is 5.93. The van der Waals surface area contributed by atoms with Crippen molar-refractivity contribution in [2.24, 2.45) is 5.92 Å². The summed E-state index contributed by atoms with van der Waals surface area (Å²) in [5.41, 5.74) is 0. The molecule has 4 heteroatoms. The van der Waals surface area contributed by atoms with Gasteiger partial charge in [-0.25, -0.2) is 8.42 Å². The average Bonchev–Trinajstić information content (AvgIpc) is 2.30. The van der Waals surface area contributed by atoms with Crippen molar-refractivity contribution in [2.75, 3.05) is 12.8 Å². The van der Waals surface area contributed by atoms with Crippen LogP contribution < -0.4 is 5.32 Å². The summed E-state index contributed by atoms with van der Waals surface area (Å²) in [5.74, 6) is 0.730. The van der Waals surface area contributed by atoms with Crippen LogP contribution in [0.5, 0.6) is 0 Å². The van der Waals surface area contributed by atoms with Crippen molar-refractivity contribution in [3.05, 3.63) is 0 Å². The van der Waals surface area contributed by atoms with E-state index in [1.807, 2.05) is 0 Å². The van der Waals surface area contributed by atoms with Crippen molar-refractivity contribution in [1.82, 2.24) is 5.32 Å². The molecule has 102 valence electrons. The molecule has 0 aromatic carbocycles. The zero-order valence-corrected chi connectivity index (χ0v) is 12.2. The van der Waals surface area contributed by atoms with Gasteiger partial charge in [-0.15, -0.1) is 0 Å². The van der Waals surface area contributed by atoms with E-state index in [0.29, 0.717) is 6.04 Å². The fraction of sp³-hybridized carbons (Fsp3) is 1.00. The monoisotopic (exact) mass is 261 g/mol. The second-order valence-electron chi connectivity index (χ2n) is 5.41. The molecule has 0 heterocycles. The van der Waals surface area contributed by atoms with Crippen molar-refractivity contribution in [3.63, 3.8) is 0 Å². The Labute approximate surface area is 106 Å². The highest BCUT2D eigenvalue weighted by Crippen LogP contribution is 2.24. The molecule has 0 radical (unpaired) electrons. The first-order valence-electron chi connectivity index (χ1n) is 6.89. The van der Waals surface area contributed by atoms with E-state index in [4.69, 9.17) is 0 Å². The first-order valence-corrected chi connectivity index (χ1v) is 8.85. The van der Waals surface area contributed by atoms with Crippen LogP contribution in [0.1, 0.15) is 52.4 Å². The summed E-state index contributed by atoms with van der Waals surface area (Å²) in [6.45, 7) is 5.47. The molecule has 1 N–H and O–H groups in total. The van der Waals surface area contributed by atoms with Crippen molar-refractivity contribution < 1.29 is 8.42 Å². The van der Waals surface area contributed by atoms with Crippen LogP contribution in [0.25, 0.3) is 0 Å². The Morgan fingerprint density at radius 2 is 1.88 bits per heavy atom. The van der Waals surface area contributed by atoms with Crippen LogP contribution in [-0.4, -0.2) is 32.5 Å². The molecule has 1 aliphatic rings. The second kappa shape index (κ2) is 6.74. The van der Waals surface area contributed by atoms with E-state index in [0.717, 1.165) is 38.1 Å². The lowest BCUT2D eigenvalue weighted by molar-refractivity contribution is 0.339. The largest absolute Gasteiger partial charge is 0.314 e. The molecule has 17 heavy (non-hydrogen) atoms. The van der Waals surface area contributed by atoms with Crippen molar-refractivity contribution in [1.29, 1.82) is 0 Å². The van der Waals surface area contributed by atoms with Crippen molar-refractivity contribution in [2.45, 2.75) is 63.7 Å². The molecule has 0 spiro atoms. The minimum Gasteiger partial charge on any atom is -0.314 e. The van der Waals surface area contributed by atoms with Gasteiger partial charge in [-0.1, -0.05) is 33.1 Å².